The SMILES string of the molecule is CN1CCC(N(Cc2ccc(Cn3cccn3)cc2)Cc2cccnc2)CC1. The molecule has 0 N–H and O–H groups in total. The molecule has 0 saturated carbocycles. The van der Waals surface area contributed by atoms with Crippen LogP contribution in [-0.2, 0) is 19.6 Å². The molecule has 1 fully saturated rings. The third kappa shape index (κ3) is 5.06. The number of rotatable bonds is 7. The van der Waals surface area contributed by atoms with E-state index in [4.69, 9.17) is 0 Å². The minimum atomic E-state index is 0.625. The quantitative estimate of drug-likeness (QED) is 0.634. The highest BCUT2D eigenvalue weighted by Crippen LogP contribution is 2.21. The molecule has 28 heavy (non-hydrogen) atoms. The molecule has 3 aromatic rings. The minimum Gasteiger partial charge on any atom is -0.306 e. The largest absolute Gasteiger partial charge is 0.306 e. The van der Waals surface area contributed by atoms with Crippen LogP contribution in [0.2, 0.25) is 0 Å². The Morgan fingerprint density at radius 3 is 2.36 bits per heavy atom. The Hall–Kier alpha value is -2.50. The lowest BCUT2D eigenvalue weighted by molar-refractivity contribution is 0.108. The summed E-state index contributed by atoms with van der Waals surface area (Å²) < 4.78 is 1.96. The first-order chi connectivity index (χ1) is 13.8. The van der Waals surface area contributed by atoms with Crippen LogP contribution < -0.4 is 0 Å². The Morgan fingerprint density at radius 1 is 0.929 bits per heavy atom. The Bertz CT molecular complexity index is 821. The lowest BCUT2D eigenvalue weighted by Gasteiger charge is -2.37. The van der Waals surface area contributed by atoms with Crippen molar-refractivity contribution in [3.05, 3.63) is 83.9 Å². The van der Waals surface area contributed by atoms with Gasteiger partial charge in [0.1, 0.15) is 0 Å². The molecule has 2 aromatic heterocycles. The third-order valence-corrected chi connectivity index (χ3v) is 5.63. The molecule has 5 nitrogen and oxygen atoms in total. The molecule has 4 rings (SSSR count). The van der Waals surface area contributed by atoms with Crippen LogP contribution in [0.5, 0.6) is 0 Å². The smallest absolute Gasteiger partial charge is 0.0659 e. The molecule has 1 aliphatic heterocycles. The number of likely N-dealkylation sites (tertiary alicyclic amines) is 1. The maximum atomic E-state index is 4.31. The zero-order chi connectivity index (χ0) is 19.2. The molecule has 0 unspecified atom stereocenters. The van der Waals surface area contributed by atoms with Gasteiger partial charge in [0.15, 0.2) is 0 Å². The predicted octanol–water partition coefficient (Wildman–Crippen LogP) is 3.42. The first-order valence-corrected chi connectivity index (χ1v) is 10.1. The van der Waals surface area contributed by atoms with E-state index in [1.165, 1.54) is 42.6 Å². The standard InChI is InChI=1S/C23H29N5/c1-26-14-9-23(10-15-26)27(18-22-4-2-11-24-16-22)17-20-5-7-21(8-6-20)19-28-13-3-12-25-28/h2-8,11-13,16,23H,9-10,14-15,17-19H2,1H3. The van der Waals surface area contributed by atoms with Gasteiger partial charge in [0.2, 0.25) is 0 Å². The van der Waals surface area contributed by atoms with Crippen LogP contribution in [0.3, 0.4) is 0 Å². The highest BCUT2D eigenvalue weighted by molar-refractivity contribution is 5.23. The van der Waals surface area contributed by atoms with Crippen molar-refractivity contribution < 1.29 is 0 Å². The van der Waals surface area contributed by atoms with Crippen LogP contribution >= 0.6 is 0 Å². The average Bonchev–Trinajstić information content (AvgIpc) is 3.23. The monoisotopic (exact) mass is 375 g/mol. The van der Waals surface area contributed by atoms with Gasteiger partial charge in [0, 0.05) is 43.9 Å². The van der Waals surface area contributed by atoms with Crippen LogP contribution in [-0.4, -0.2) is 50.7 Å². The lowest BCUT2D eigenvalue weighted by atomic mass is 10.0. The fourth-order valence-electron chi connectivity index (χ4n) is 3.97. The molecular formula is C23H29N5. The highest BCUT2D eigenvalue weighted by Gasteiger charge is 2.23. The van der Waals surface area contributed by atoms with E-state index in [1.807, 2.05) is 41.6 Å². The summed E-state index contributed by atoms with van der Waals surface area (Å²) in [5, 5.41) is 4.30. The Balaban J connectivity index is 1.45. The fraction of sp³-hybridized carbons (Fsp3) is 0.391. The van der Waals surface area contributed by atoms with Crippen LogP contribution in [0, 0.1) is 0 Å². The topological polar surface area (TPSA) is 37.2 Å². The van der Waals surface area contributed by atoms with Crippen molar-refractivity contribution in [3.63, 3.8) is 0 Å². The van der Waals surface area contributed by atoms with Gasteiger partial charge in [-0.05, 0) is 61.8 Å². The summed E-state index contributed by atoms with van der Waals surface area (Å²) >= 11 is 0. The molecule has 146 valence electrons. The van der Waals surface area contributed by atoms with E-state index < -0.39 is 0 Å². The van der Waals surface area contributed by atoms with Crippen molar-refractivity contribution in [1.82, 2.24) is 24.6 Å². The van der Waals surface area contributed by atoms with Gasteiger partial charge >= 0.3 is 0 Å². The van der Waals surface area contributed by atoms with Crippen molar-refractivity contribution in [2.75, 3.05) is 20.1 Å². The lowest BCUT2D eigenvalue weighted by Crippen LogP contribution is -2.43. The van der Waals surface area contributed by atoms with Crippen molar-refractivity contribution >= 4 is 0 Å². The summed E-state index contributed by atoms with van der Waals surface area (Å²) in [5.41, 5.74) is 3.94. The zero-order valence-electron chi connectivity index (χ0n) is 16.6. The second kappa shape index (κ2) is 9.13. The number of benzene rings is 1. The van der Waals surface area contributed by atoms with E-state index in [1.54, 1.807) is 0 Å². The molecule has 0 amide bonds. The normalized spacial score (nSPS) is 15.9. The fourth-order valence-corrected chi connectivity index (χ4v) is 3.97. The second-order valence-corrected chi connectivity index (χ2v) is 7.82. The Kier molecular flexibility index (Phi) is 6.14. The number of aromatic nitrogens is 3. The molecule has 0 atom stereocenters. The molecule has 3 heterocycles. The summed E-state index contributed by atoms with van der Waals surface area (Å²) in [6, 6.07) is 15.8. The van der Waals surface area contributed by atoms with Crippen LogP contribution in [0.15, 0.2) is 67.3 Å². The maximum Gasteiger partial charge on any atom is 0.0659 e. The Morgan fingerprint density at radius 2 is 1.68 bits per heavy atom. The average molecular weight is 376 g/mol. The van der Waals surface area contributed by atoms with Crippen molar-refractivity contribution in [2.24, 2.45) is 0 Å². The molecule has 1 aromatic carbocycles. The number of piperidine rings is 1. The van der Waals surface area contributed by atoms with Gasteiger partial charge in [-0.25, -0.2) is 0 Å². The van der Waals surface area contributed by atoms with E-state index in [2.05, 4.69) is 57.3 Å². The highest BCUT2D eigenvalue weighted by atomic mass is 15.3. The van der Waals surface area contributed by atoms with Gasteiger partial charge in [-0.1, -0.05) is 30.3 Å². The van der Waals surface area contributed by atoms with Crippen LogP contribution in [0.25, 0.3) is 0 Å². The molecule has 0 aliphatic carbocycles. The zero-order valence-corrected chi connectivity index (χ0v) is 16.6. The van der Waals surface area contributed by atoms with E-state index >= 15 is 0 Å². The summed E-state index contributed by atoms with van der Waals surface area (Å²) in [5.74, 6) is 0. The van der Waals surface area contributed by atoms with Gasteiger partial charge in [-0.2, -0.15) is 5.10 Å². The van der Waals surface area contributed by atoms with Crippen LogP contribution in [0.4, 0.5) is 0 Å². The summed E-state index contributed by atoms with van der Waals surface area (Å²) in [7, 11) is 2.22. The summed E-state index contributed by atoms with van der Waals surface area (Å²) in [4.78, 5) is 9.37. The molecule has 5 heteroatoms. The minimum absolute atomic E-state index is 0.625. The number of hydrogen-bond acceptors (Lipinski definition) is 4. The molecular weight excluding hydrogens is 346 g/mol. The van der Waals surface area contributed by atoms with Gasteiger partial charge in [-0.15, -0.1) is 0 Å². The first-order valence-electron chi connectivity index (χ1n) is 10.1. The van der Waals surface area contributed by atoms with E-state index in [9.17, 15) is 0 Å². The van der Waals surface area contributed by atoms with Gasteiger partial charge in [-0.3, -0.25) is 14.6 Å². The van der Waals surface area contributed by atoms with E-state index in [0.29, 0.717) is 6.04 Å². The van der Waals surface area contributed by atoms with Crippen molar-refractivity contribution in [1.29, 1.82) is 0 Å². The van der Waals surface area contributed by atoms with Gasteiger partial charge in [0.25, 0.3) is 0 Å². The number of nitrogens with zero attached hydrogens (tertiary/aromatic N) is 5. The Labute approximate surface area is 167 Å². The molecule has 0 radical (unpaired) electrons. The third-order valence-electron chi connectivity index (χ3n) is 5.63. The molecule has 1 aliphatic rings. The van der Waals surface area contributed by atoms with Gasteiger partial charge < -0.3 is 4.90 Å². The molecule has 0 bridgehead atoms. The maximum absolute atomic E-state index is 4.31. The van der Waals surface area contributed by atoms with E-state index in [0.717, 1.165) is 19.6 Å². The van der Waals surface area contributed by atoms with E-state index in [-0.39, 0.29) is 0 Å². The summed E-state index contributed by atoms with van der Waals surface area (Å²) in [6.07, 6.45) is 10.1. The molecule has 1 saturated heterocycles. The second-order valence-electron chi connectivity index (χ2n) is 7.82. The number of hydrogen-bond donors (Lipinski definition) is 0. The first kappa shape index (κ1) is 18.8. The predicted molar refractivity (Wildman–Crippen MR) is 112 cm³/mol. The summed E-state index contributed by atoms with van der Waals surface area (Å²) in [6.45, 7) is 5.11. The number of pyridine rings is 1. The van der Waals surface area contributed by atoms with Gasteiger partial charge in [0.05, 0.1) is 6.54 Å². The van der Waals surface area contributed by atoms with Crippen molar-refractivity contribution in [3.8, 4) is 0 Å². The van der Waals surface area contributed by atoms with Crippen molar-refractivity contribution in [2.45, 2.75) is 38.5 Å². The van der Waals surface area contributed by atoms with Crippen LogP contribution in [0.1, 0.15) is 29.5 Å². The molecule has 0 spiro atoms.